The minimum absolute atomic E-state index is 0.195. The summed E-state index contributed by atoms with van der Waals surface area (Å²) in [5.74, 6) is 0. The Bertz CT molecular complexity index is 73.0. The van der Waals surface area contributed by atoms with E-state index in [-0.39, 0.29) is 33.0 Å². The van der Waals surface area contributed by atoms with Crippen LogP contribution in [0.5, 0.6) is 0 Å². The fraction of sp³-hybridized carbons (Fsp3) is 1.00. The minimum atomic E-state index is -0.954. The Morgan fingerprint density at radius 2 is 1.07 bits per heavy atom. The molecule has 6 N–H and O–H groups in total. The van der Waals surface area contributed by atoms with Crippen LogP contribution >= 0.6 is 0 Å². The van der Waals surface area contributed by atoms with E-state index < -0.39 is 6.10 Å². The Labute approximate surface area is 90.4 Å². The molecule has 0 spiro atoms. The molecule has 6 nitrogen and oxygen atoms in total. The molecule has 6 heteroatoms. The monoisotopic (exact) mass is 228 g/mol. The van der Waals surface area contributed by atoms with Crippen molar-refractivity contribution in [2.75, 3.05) is 33.0 Å². The van der Waals surface area contributed by atoms with Crippen LogP contribution in [0.1, 0.15) is 19.8 Å². The molecule has 96 valence electrons. The Kier molecular flexibility index (Phi) is 31.7. The van der Waals surface area contributed by atoms with Gasteiger partial charge in [-0.1, -0.05) is 0 Å². The Morgan fingerprint density at radius 1 is 0.800 bits per heavy atom. The number of aliphatic hydroxyl groups excluding tert-OH is 6. The third kappa shape index (κ3) is 41.6. The predicted molar refractivity (Wildman–Crippen MR) is 56.3 cm³/mol. The lowest BCUT2D eigenvalue weighted by Crippen LogP contribution is -2.15. The molecule has 0 saturated carbocycles. The van der Waals surface area contributed by atoms with E-state index in [2.05, 4.69) is 0 Å². The van der Waals surface area contributed by atoms with Crippen molar-refractivity contribution < 1.29 is 30.6 Å². The summed E-state index contributed by atoms with van der Waals surface area (Å²) in [7, 11) is 0. The zero-order valence-electron chi connectivity index (χ0n) is 9.21. The number of aliphatic hydroxyl groups is 6. The Morgan fingerprint density at radius 3 is 1.13 bits per heavy atom. The molecule has 0 aliphatic carbocycles. The summed E-state index contributed by atoms with van der Waals surface area (Å²) in [6.07, 6.45) is 0.484. The molecule has 0 radical (unpaired) electrons. The summed E-state index contributed by atoms with van der Waals surface area (Å²) < 4.78 is 0. The summed E-state index contributed by atoms with van der Waals surface area (Å²) in [5.41, 5.74) is 0. The highest BCUT2D eigenvalue weighted by molar-refractivity contribution is 4.44. The maximum Gasteiger partial charge on any atom is 0.100 e. The molecule has 0 unspecified atom stereocenters. The average molecular weight is 228 g/mol. The summed E-state index contributed by atoms with van der Waals surface area (Å²) in [6.45, 7) is 1.59. The van der Waals surface area contributed by atoms with Gasteiger partial charge in [0.05, 0.1) is 13.2 Å². The van der Waals surface area contributed by atoms with Gasteiger partial charge in [0.2, 0.25) is 0 Å². The molecule has 0 aliphatic rings. The van der Waals surface area contributed by atoms with Crippen molar-refractivity contribution in [3.63, 3.8) is 0 Å². The summed E-state index contributed by atoms with van der Waals surface area (Å²) in [5, 5.41) is 47.8. The molecule has 0 amide bonds. The van der Waals surface area contributed by atoms with Crippen molar-refractivity contribution in [3.8, 4) is 0 Å². The first-order valence-electron chi connectivity index (χ1n) is 4.86. The molecular weight excluding hydrogens is 204 g/mol. The zero-order valence-corrected chi connectivity index (χ0v) is 9.21. The van der Waals surface area contributed by atoms with Crippen LogP contribution < -0.4 is 0 Å². The van der Waals surface area contributed by atoms with E-state index in [0.717, 1.165) is 12.8 Å². The first kappa shape index (κ1) is 20.2. The number of hydrogen-bond donors (Lipinski definition) is 6. The molecule has 0 bridgehead atoms. The summed E-state index contributed by atoms with van der Waals surface area (Å²) >= 11 is 0. The molecule has 15 heavy (non-hydrogen) atoms. The van der Waals surface area contributed by atoms with Crippen LogP contribution in [0.4, 0.5) is 0 Å². The van der Waals surface area contributed by atoms with Gasteiger partial charge in [-0.05, 0) is 19.8 Å². The minimum Gasteiger partial charge on any atom is -0.397 e. The van der Waals surface area contributed by atoms with Gasteiger partial charge in [0.1, 0.15) is 6.10 Å². The average Bonchev–Trinajstić information content (AvgIpc) is 2.27. The van der Waals surface area contributed by atoms with E-state index in [1.807, 2.05) is 0 Å². The van der Waals surface area contributed by atoms with Crippen LogP contribution in [0.15, 0.2) is 0 Å². The molecule has 0 aliphatic heterocycles. The fourth-order valence-corrected chi connectivity index (χ4v) is 0.281. The fourth-order valence-electron chi connectivity index (χ4n) is 0.281. The number of unbranched alkanes of at least 4 members (excludes halogenated alkanes) is 1. The van der Waals surface area contributed by atoms with Crippen molar-refractivity contribution in [3.05, 3.63) is 0 Å². The molecule has 0 rings (SSSR count). The number of hydrogen-bond acceptors (Lipinski definition) is 6. The Hall–Kier alpha value is -0.240. The second-order valence-electron chi connectivity index (χ2n) is 2.49. The van der Waals surface area contributed by atoms with E-state index in [4.69, 9.17) is 30.6 Å². The molecule has 0 saturated heterocycles. The topological polar surface area (TPSA) is 121 Å². The van der Waals surface area contributed by atoms with E-state index in [9.17, 15) is 0 Å². The van der Waals surface area contributed by atoms with Crippen LogP contribution in [0.25, 0.3) is 0 Å². The second kappa shape index (κ2) is 23.5. The van der Waals surface area contributed by atoms with Crippen molar-refractivity contribution in [1.82, 2.24) is 0 Å². The van der Waals surface area contributed by atoms with E-state index >= 15 is 0 Å². The van der Waals surface area contributed by atoms with Crippen molar-refractivity contribution in [2.45, 2.75) is 25.9 Å². The van der Waals surface area contributed by atoms with Gasteiger partial charge < -0.3 is 30.6 Å². The SMILES string of the molecule is CCO.OCC(O)CO.OCCCCO. The molecule has 0 atom stereocenters. The van der Waals surface area contributed by atoms with E-state index in [1.54, 1.807) is 6.92 Å². The second-order valence-corrected chi connectivity index (χ2v) is 2.49. The van der Waals surface area contributed by atoms with Crippen LogP contribution in [-0.4, -0.2) is 69.8 Å². The lowest BCUT2D eigenvalue weighted by atomic mass is 10.3. The van der Waals surface area contributed by atoms with E-state index in [0.29, 0.717) is 0 Å². The van der Waals surface area contributed by atoms with Crippen LogP contribution in [0.2, 0.25) is 0 Å². The highest BCUT2D eigenvalue weighted by Gasteiger charge is 1.93. The lowest BCUT2D eigenvalue weighted by molar-refractivity contribution is 0.0450. The molecule has 0 aromatic heterocycles. The third-order valence-electron chi connectivity index (χ3n) is 0.988. The first-order chi connectivity index (χ1) is 7.14. The highest BCUT2D eigenvalue weighted by Crippen LogP contribution is 1.80. The zero-order chi connectivity index (χ0) is 12.5. The third-order valence-corrected chi connectivity index (χ3v) is 0.988. The quantitative estimate of drug-likeness (QED) is 0.305. The molecular formula is C9H24O6. The van der Waals surface area contributed by atoms with Gasteiger partial charge in [-0.15, -0.1) is 0 Å². The summed E-state index contributed by atoms with van der Waals surface area (Å²) in [4.78, 5) is 0. The van der Waals surface area contributed by atoms with Crippen LogP contribution in [-0.2, 0) is 0 Å². The molecule has 0 fully saturated rings. The normalized spacial score (nSPS) is 8.80. The van der Waals surface area contributed by atoms with Gasteiger partial charge in [0.15, 0.2) is 0 Å². The predicted octanol–water partition coefficient (Wildman–Crippen LogP) is -1.92. The molecule has 0 aromatic carbocycles. The van der Waals surface area contributed by atoms with Crippen LogP contribution in [0.3, 0.4) is 0 Å². The highest BCUT2D eigenvalue weighted by atomic mass is 16.3. The lowest BCUT2D eigenvalue weighted by Gasteiger charge is -1.96. The van der Waals surface area contributed by atoms with Crippen LogP contribution in [0, 0.1) is 0 Å². The Balaban J connectivity index is -0.000000153. The van der Waals surface area contributed by atoms with Gasteiger partial charge in [-0.3, -0.25) is 0 Å². The van der Waals surface area contributed by atoms with E-state index in [1.165, 1.54) is 0 Å². The molecule has 0 aromatic rings. The van der Waals surface area contributed by atoms with Crippen molar-refractivity contribution in [2.24, 2.45) is 0 Å². The number of rotatable bonds is 5. The molecule has 0 heterocycles. The van der Waals surface area contributed by atoms with Gasteiger partial charge >= 0.3 is 0 Å². The van der Waals surface area contributed by atoms with Gasteiger partial charge in [0.25, 0.3) is 0 Å². The standard InChI is InChI=1S/C4H10O2.C3H8O3.C2H6O/c5-3-1-2-4-6;4-1-3(6)2-5;1-2-3/h5-6H,1-4H2;3-6H,1-2H2;3H,2H2,1H3. The van der Waals surface area contributed by atoms with Gasteiger partial charge in [-0.25, -0.2) is 0 Å². The maximum atomic E-state index is 8.17. The largest absolute Gasteiger partial charge is 0.397 e. The maximum absolute atomic E-state index is 8.17. The van der Waals surface area contributed by atoms with Crippen molar-refractivity contribution in [1.29, 1.82) is 0 Å². The smallest absolute Gasteiger partial charge is 0.100 e. The first-order valence-corrected chi connectivity index (χ1v) is 4.86. The van der Waals surface area contributed by atoms with Crippen molar-refractivity contribution >= 4 is 0 Å². The van der Waals surface area contributed by atoms with Gasteiger partial charge in [-0.2, -0.15) is 0 Å². The summed E-state index contributed by atoms with van der Waals surface area (Å²) in [6, 6.07) is 0. The van der Waals surface area contributed by atoms with Gasteiger partial charge in [0, 0.05) is 19.8 Å².